The zero-order valence-corrected chi connectivity index (χ0v) is 22.8. The SMILES string of the molecule is CC(C)(C)C(C(=O)O)C1=C2CC=CC=C2N(CC(=O)NCCCCCNc2nc3ccccc3[nH]2)CCC1. The first-order valence-electron chi connectivity index (χ1n) is 13.8. The number of rotatable bonds is 11. The lowest BCUT2D eigenvalue weighted by Gasteiger charge is -2.32. The number of fused-ring (bicyclic) bond motifs is 2. The highest BCUT2D eigenvalue weighted by molar-refractivity contribution is 5.79. The molecule has 0 bridgehead atoms. The second kappa shape index (κ2) is 12.3. The molecule has 204 valence electrons. The third-order valence-corrected chi connectivity index (χ3v) is 7.28. The number of allylic oxidation sites excluding steroid dienone is 4. The Morgan fingerprint density at radius 1 is 1.16 bits per heavy atom. The van der Waals surface area contributed by atoms with Crippen LogP contribution in [0.2, 0.25) is 0 Å². The van der Waals surface area contributed by atoms with Crippen molar-refractivity contribution in [1.29, 1.82) is 0 Å². The summed E-state index contributed by atoms with van der Waals surface area (Å²) in [6.07, 6.45) is 11.3. The Kier molecular flexibility index (Phi) is 8.92. The van der Waals surface area contributed by atoms with Crippen LogP contribution < -0.4 is 10.6 Å². The summed E-state index contributed by atoms with van der Waals surface area (Å²) >= 11 is 0. The van der Waals surface area contributed by atoms with Gasteiger partial charge >= 0.3 is 5.97 Å². The minimum Gasteiger partial charge on any atom is -0.481 e. The Balaban J connectivity index is 1.24. The molecular weight excluding hydrogens is 478 g/mol. The van der Waals surface area contributed by atoms with Crippen LogP contribution in [0.1, 0.15) is 59.3 Å². The smallest absolute Gasteiger partial charge is 0.311 e. The van der Waals surface area contributed by atoms with E-state index >= 15 is 0 Å². The highest BCUT2D eigenvalue weighted by atomic mass is 16.4. The number of unbranched alkanes of at least 4 members (excludes halogenated alkanes) is 2. The second-order valence-corrected chi connectivity index (χ2v) is 11.3. The number of aromatic amines is 1. The van der Waals surface area contributed by atoms with Gasteiger partial charge in [-0.25, -0.2) is 4.98 Å². The predicted octanol–water partition coefficient (Wildman–Crippen LogP) is 5.24. The summed E-state index contributed by atoms with van der Waals surface area (Å²) in [5.74, 6) is -0.512. The van der Waals surface area contributed by atoms with E-state index in [4.69, 9.17) is 0 Å². The number of benzene rings is 1. The summed E-state index contributed by atoms with van der Waals surface area (Å²) in [6, 6.07) is 7.97. The van der Waals surface area contributed by atoms with Crippen molar-refractivity contribution >= 4 is 28.9 Å². The van der Waals surface area contributed by atoms with Crippen molar-refractivity contribution in [3.05, 3.63) is 59.3 Å². The number of anilines is 1. The molecule has 1 aliphatic heterocycles. The van der Waals surface area contributed by atoms with Gasteiger partial charge in [0, 0.05) is 25.3 Å². The van der Waals surface area contributed by atoms with E-state index in [1.807, 2.05) is 57.2 Å². The van der Waals surface area contributed by atoms with Crippen LogP contribution in [0.25, 0.3) is 11.0 Å². The van der Waals surface area contributed by atoms with Crippen molar-refractivity contribution in [2.45, 2.75) is 59.3 Å². The molecular formula is C30H41N5O3. The topological polar surface area (TPSA) is 110 Å². The predicted molar refractivity (Wildman–Crippen MR) is 152 cm³/mol. The average Bonchev–Trinajstić information content (AvgIpc) is 3.20. The standard InChI is InChI=1S/C30H41N5O3/c1-30(2,3)27(28(37)38)22-13-11-19-35(25-16-8-5-12-21(22)25)20-26(36)31-17-9-4-10-18-32-29-33-23-14-6-7-15-24(23)34-29/h5-8,14-16,27H,4,9-13,17-20H2,1-3H3,(H,31,36)(H,37,38)(H2,32,33,34). The number of carboxylic acid groups (broad SMARTS) is 1. The van der Waals surface area contributed by atoms with Gasteiger partial charge in [-0.15, -0.1) is 0 Å². The number of amides is 1. The van der Waals surface area contributed by atoms with Gasteiger partial charge in [-0.3, -0.25) is 9.59 Å². The van der Waals surface area contributed by atoms with Crippen LogP contribution in [-0.2, 0) is 9.59 Å². The van der Waals surface area contributed by atoms with Crippen LogP contribution in [0, 0.1) is 11.3 Å². The maximum absolute atomic E-state index is 12.8. The molecule has 1 aromatic heterocycles. The molecule has 1 unspecified atom stereocenters. The fourth-order valence-corrected chi connectivity index (χ4v) is 5.53. The number of aliphatic carboxylic acids is 1. The summed E-state index contributed by atoms with van der Waals surface area (Å²) in [5.41, 5.74) is 4.70. The van der Waals surface area contributed by atoms with Gasteiger partial charge in [-0.05, 0) is 73.3 Å². The lowest BCUT2D eigenvalue weighted by Crippen LogP contribution is -2.38. The Bertz CT molecular complexity index is 1200. The third-order valence-electron chi connectivity index (χ3n) is 7.28. The van der Waals surface area contributed by atoms with E-state index in [9.17, 15) is 14.7 Å². The number of aromatic nitrogens is 2. The summed E-state index contributed by atoms with van der Waals surface area (Å²) in [4.78, 5) is 35.0. The lowest BCUT2D eigenvalue weighted by atomic mass is 9.72. The molecule has 2 aromatic rings. The zero-order valence-electron chi connectivity index (χ0n) is 22.8. The number of carbonyl (C=O) groups excluding carboxylic acids is 1. The molecule has 2 aliphatic rings. The van der Waals surface area contributed by atoms with Crippen molar-refractivity contribution in [3.8, 4) is 0 Å². The maximum Gasteiger partial charge on any atom is 0.311 e. The molecule has 1 aromatic carbocycles. The lowest BCUT2D eigenvalue weighted by molar-refractivity contribution is -0.143. The van der Waals surface area contributed by atoms with Crippen molar-refractivity contribution < 1.29 is 14.7 Å². The molecule has 1 atom stereocenters. The molecule has 0 radical (unpaired) electrons. The van der Waals surface area contributed by atoms with Crippen LogP contribution in [0.15, 0.2) is 59.3 Å². The zero-order chi connectivity index (χ0) is 27.1. The van der Waals surface area contributed by atoms with Crippen LogP contribution in [0.5, 0.6) is 0 Å². The van der Waals surface area contributed by atoms with Gasteiger partial charge in [-0.2, -0.15) is 0 Å². The van der Waals surface area contributed by atoms with E-state index in [0.717, 1.165) is 79.0 Å². The minimum absolute atomic E-state index is 0.00857. The fourth-order valence-electron chi connectivity index (χ4n) is 5.53. The monoisotopic (exact) mass is 519 g/mol. The van der Waals surface area contributed by atoms with Gasteiger partial charge in [-0.1, -0.05) is 45.1 Å². The van der Waals surface area contributed by atoms with Crippen LogP contribution in [0.4, 0.5) is 5.95 Å². The number of carbonyl (C=O) groups is 2. The number of hydrogen-bond acceptors (Lipinski definition) is 5. The number of carboxylic acids is 1. The molecule has 1 amide bonds. The van der Waals surface area contributed by atoms with E-state index < -0.39 is 11.9 Å². The summed E-state index contributed by atoms with van der Waals surface area (Å²) in [7, 11) is 0. The van der Waals surface area contributed by atoms with Gasteiger partial charge in [0.15, 0.2) is 0 Å². The van der Waals surface area contributed by atoms with E-state index in [-0.39, 0.29) is 17.9 Å². The minimum atomic E-state index is -0.770. The molecule has 0 saturated heterocycles. The third kappa shape index (κ3) is 6.85. The molecule has 4 rings (SSSR count). The average molecular weight is 520 g/mol. The quantitative estimate of drug-likeness (QED) is 0.302. The molecule has 2 heterocycles. The van der Waals surface area contributed by atoms with Gasteiger partial charge in [0.1, 0.15) is 0 Å². The first-order chi connectivity index (χ1) is 18.2. The van der Waals surface area contributed by atoms with E-state index in [0.29, 0.717) is 13.0 Å². The number of para-hydroxylation sites is 2. The van der Waals surface area contributed by atoms with Crippen LogP contribution in [-0.4, -0.2) is 58.0 Å². The van der Waals surface area contributed by atoms with Crippen LogP contribution in [0.3, 0.4) is 0 Å². The van der Waals surface area contributed by atoms with Crippen LogP contribution >= 0.6 is 0 Å². The first kappa shape index (κ1) is 27.5. The molecule has 1 aliphatic carbocycles. The first-order valence-corrected chi connectivity index (χ1v) is 13.8. The van der Waals surface area contributed by atoms with Crippen molar-refractivity contribution in [3.63, 3.8) is 0 Å². The van der Waals surface area contributed by atoms with Gasteiger partial charge in [0.05, 0.1) is 23.5 Å². The number of nitrogens with zero attached hydrogens (tertiary/aromatic N) is 2. The number of imidazole rings is 1. The largest absolute Gasteiger partial charge is 0.481 e. The van der Waals surface area contributed by atoms with Gasteiger partial charge in [0.2, 0.25) is 11.9 Å². The van der Waals surface area contributed by atoms with E-state index in [2.05, 4.69) is 31.6 Å². The normalized spacial score (nSPS) is 16.6. The molecule has 4 N–H and O–H groups in total. The number of hydrogen-bond donors (Lipinski definition) is 4. The van der Waals surface area contributed by atoms with E-state index in [1.165, 1.54) is 0 Å². The van der Waals surface area contributed by atoms with Crippen molar-refractivity contribution in [2.75, 3.05) is 31.5 Å². The second-order valence-electron chi connectivity index (χ2n) is 11.3. The Hall–Kier alpha value is -3.55. The Labute approximate surface area is 225 Å². The summed E-state index contributed by atoms with van der Waals surface area (Å²) in [5, 5.41) is 16.5. The highest BCUT2D eigenvalue weighted by Crippen LogP contribution is 2.41. The van der Waals surface area contributed by atoms with Crippen molar-refractivity contribution in [1.82, 2.24) is 20.2 Å². The number of H-pyrrole nitrogens is 1. The molecule has 0 spiro atoms. The highest BCUT2D eigenvalue weighted by Gasteiger charge is 2.37. The molecule has 38 heavy (non-hydrogen) atoms. The van der Waals surface area contributed by atoms with Gasteiger partial charge in [0.25, 0.3) is 0 Å². The Morgan fingerprint density at radius 2 is 1.95 bits per heavy atom. The molecule has 0 saturated carbocycles. The summed E-state index contributed by atoms with van der Waals surface area (Å²) in [6.45, 7) is 8.48. The Morgan fingerprint density at radius 3 is 2.71 bits per heavy atom. The maximum atomic E-state index is 12.8. The fraction of sp³-hybridized carbons (Fsp3) is 0.500. The molecule has 8 heteroatoms. The molecule has 8 nitrogen and oxygen atoms in total. The summed E-state index contributed by atoms with van der Waals surface area (Å²) < 4.78 is 0. The molecule has 0 fully saturated rings. The van der Waals surface area contributed by atoms with Gasteiger partial charge < -0.3 is 25.6 Å². The van der Waals surface area contributed by atoms with Crippen molar-refractivity contribution in [2.24, 2.45) is 11.3 Å². The number of nitrogens with one attached hydrogen (secondary N) is 3. The van der Waals surface area contributed by atoms with E-state index in [1.54, 1.807) is 0 Å².